The molecule has 0 atom stereocenters. The van der Waals surface area contributed by atoms with Gasteiger partial charge in [0.25, 0.3) is 0 Å². The second kappa shape index (κ2) is 6.85. The van der Waals surface area contributed by atoms with E-state index in [-0.39, 0.29) is 0 Å². The molecule has 2 N–H and O–H groups in total. The van der Waals surface area contributed by atoms with Gasteiger partial charge in [0.1, 0.15) is 0 Å². The van der Waals surface area contributed by atoms with Crippen LogP contribution in [0.1, 0.15) is 26.7 Å². The number of rotatable bonds is 6. The summed E-state index contributed by atoms with van der Waals surface area (Å²) in [5.41, 5.74) is 0.424. The van der Waals surface area contributed by atoms with Crippen LogP contribution in [0.4, 0.5) is 0 Å². The number of carboxylic acids is 1. The number of hydrogen-bond acceptors (Lipinski definition) is 2. The molecule has 0 aromatic heterocycles. The number of nitrogens with one attached hydrogen (secondary N) is 1. The molecule has 12 heavy (non-hydrogen) atoms. The molecule has 0 aliphatic rings. The largest absolute Gasteiger partial charge is 0.478 e. The molecule has 0 radical (unpaired) electrons. The van der Waals surface area contributed by atoms with Crippen LogP contribution in [0.3, 0.4) is 0 Å². The lowest BCUT2D eigenvalue weighted by molar-refractivity contribution is -0.132. The van der Waals surface area contributed by atoms with Crippen LogP contribution in [0.5, 0.6) is 0 Å². The normalized spacial score (nSPS) is 11.7. The molecule has 3 nitrogen and oxygen atoms in total. The maximum Gasteiger partial charge on any atom is 0.330 e. The van der Waals surface area contributed by atoms with Gasteiger partial charge >= 0.3 is 5.97 Å². The first kappa shape index (κ1) is 11.2. The molecular formula is C9H17NO2. The summed E-state index contributed by atoms with van der Waals surface area (Å²) in [4.78, 5) is 10.3. The highest BCUT2D eigenvalue weighted by molar-refractivity contribution is 5.85. The lowest BCUT2D eigenvalue weighted by atomic mass is 10.2. The Morgan fingerprint density at radius 1 is 1.50 bits per heavy atom. The van der Waals surface area contributed by atoms with Crippen molar-refractivity contribution >= 4 is 5.97 Å². The summed E-state index contributed by atoms with van der Waals surface area (Å²) in [5.74, 6) is -0.828. The topological polar surface area (TPSA) is 49.3 Å². The molecule has 0 heterocycles. The summed E-state index contributed by atoms with van der Waals surface area (Å²) in [6.45, 7) is 5.58. The molecule has 0 spiro atoms. The van der Waals surface area contributed by atoms with E-state index in [4.69, 9.17) is 5.11 Å². The van der Waals surface area contributed by atoms with Gasteiger partial charge in [0.05, 0.1) is 0 Å². The second-order valence-corrected chi connectivity index (χ2v) is 2.73. The van der Waals surface area contributed by atoms with Crippen molar-refractivity contribution < 1.29 is 9.90 Å². The van der Waals surface area contributed by atoms with Crippen molar-refractivity contribution in [1.29, 1.82) is 0 Å². The molecule has 0 aromatic rings. The Morgan fingerprint density at radius 2 is 2.17 bits per heavy atom. The van der Waals surface area contributed by atoms with E-state index in [9.17, 15) is 4.79 Å². The van der Waals surface area contributed by atoms with Crippen molar-refractivity contribution in [3.05, 3.63) is 11.6 Å². The Balaban J connectivity index is 3.40. The highest BCUT2D eigenvalue weighted by atomic mass is 16.4. The molecular weight excluding hydrogens is 154 g/mol. The average molecular weight is 171 g/mol. The van der Waals surface area contributed by atoms with Crippen molar-refractivity contribution in [2.75, 3.05) is 13.1 Å². The highest BCUT2D eigenvalue weighted by Gasteiger charge is 1.96. The van der Waals surface area contributed by atoms with E-state index in [2.05, 4.69) is 12.2 Å². The minimum atomic E-state index is -0.828. The minimum absolute atomic E-state index is 0.424. The van der Waals surface area contributed by atoms with Gasteiger partial charge in [-0.25, -0.2) is 4.79 Å². The van der Waals surface area contributed by atoms with Crippen LogP contribution in [0.15, 0.2) is 11.6 Å². The van der Waals surface area contributed by atoms with Gasteiger partial charge in [-0.05, 0) is 32.9 Å². The van der Waals surface area contributed by atoms with Crippen molar-refractivity contribution in [3.8, 4) is 0 Å². The Morgan fingerprint density at radius 3 is 2.67 bits per heavy atom. The van der Waals surface area contributed by atoms with Crippen molar-refractivity contribution in [2.45, 2.75) is 26.7 Å². The molecule has 0 unspecified atom stereocenters. The monoisotopic (exact) mass is 171 g/mol. The van der Waals surface area contributed by atoms with E-state index >= 15 is 0 Å². The number of hydrogen-bond donors (Lipinski definition) is 2. The fourth-order valence-corrected chi connectivity index (χ4v) is 0.780. The zero-order valence-corrected chi connectivity index (χ0v) is 7.76. The number of aliphatic carboxylic acids is 1. The van der Waals surface area contributed by atoms with E-state index in [1.165, 1.54) is 0 Å². The average Bonchev–Trinajstić information content (AvgIpc) is 2.03. The summed E-state index contributed by atoms with van der Waals surface area (Å²) in [5, 5.41) is 11.7. The predicted octanol–water partition coefficient (Wildman–Crippen LogP) is 1.41. The van der Waals surface area contributed by atoms with Crippen LogP contribution in [-0.2, 0) is 4.79 Å². The van der Waals surface area contributed by atoms with Gasteiger partial charge in [-0.1, -0.05) is 13.0 Å². The third kappa shape index (κ3) is 5.92. The fourth-order valence-electron chi connectivity index (χ4n) is 0.780. The molecule has 0 fully saturated rings. The number of carboxylic acid groups (broad SMARTS) is 1. The van der Waals surface area contributed by atoms with Crippen molar-refractivity contribution in [2.24, 2.45) is 0 Å². The van der Waals surface area contributed by atoms with Gasteiger partial charge in [-0.3, -0.25) is 0 Å². The molecule has 0 amide bonds. The molecule has 0 aromatic carbocycles. The molecule has 0 aliphatic heterocycles. The fraction of sp³-hybridized carbons (Fsp3) is 0.667. The van der Waals surface area contributed by atoms with Gasteiger partial charge in [-0.2, -0.15) is 0 Å². The summed E-state index contributed by atoms with van der Waals surface area (Å²) in [7, 11) is 0. The highest BCUT2D eigenvalue weighted by Crippen LogP contribution is 1.93. The first-order chi connectivity index (χ1) is 5.68. The van der Waals surface area contributed by atoms with Gasteiger partial charge in [0.2, 0.25) is 0 Å². The molecule has 70 valence electrons. The maximum atomic E-state index is 10.3. The first-order valence-electron chi connectivity index (χ1n) is 4.29. The van der Waals surface area contributed by atoms with Gasteiger partial charge < -0.3 is 10.4 Å². The molecule has 3 heteroatoms. The maximum absolute atomic E-state index is 10.3. The number of carbonyl (C=O) groups is 1. The van der Waals surface area contributed by atoms with Crippen molar-refractivity contribution in [3.63, 3.8) is 0 Å². The zero-order valence-electron chi connectivity index (χ0n) is 7.76. The molecule has 0 saturated heterocycles. The third-order valence-corrected chi connectivity index (χ3v) is 1.54. The summed E-state index contributed by atoms with van der Waals surface area (Å²) in [6.07, 6.45) is 3.64. The van der Waals surface area contributed by atoms with E-state index in [0.29, 0.717) is 5.57 Å². The van der Waals surface area contributed by atoms with E-state index in [1.807, 2.05) is 0 Å². The molecule has 0 saturated carbocycles. The Labute approximate surface area is 73.5 Å². The zero-order chi connectivity index (χ0) is 9.40. The summed E-state index contributed by atoms with van der Waals surface area (Å²) < 4.78 is 0. The van der Waals surface area contributed by atoms with E-state index in [0.717, 1.165) is 25.9 Å². The molecule has 0 rings (SSSR count). The van der Waals surface area contributed by atoms with Crippen LogP contribution >= 0.6 is 0 Å². The SMILES string of the molecule is CCCNCC/C=C(\C)C(=O)O. The standard InChI is InChI=1S/C9H17NO2/c1-3-6-10-7-4-5-8(2)9(11)12/h5,10H,3-4,6-7H2,1-2H3,(H,11,12)/b8-5+. The second-order valence-electron chi connectivity index (χ2n) is 2.73. The first-order valence-corrected chi connectivity index (χ1v) is 4.29. The summed E-state index contributed by atoms with van der Waals surface area (Å²) in [6, 6.07) is 0. The van der Waals surface area contributed by atoms with Crippen LogP contribution in [0, 0.1) is 0 Å². The molecule has 0 bridgehead atoms. The Kier molecular flexibility index (Phi) is 6.38. The lowest BCUT2D eigenvalue weighted by Gasteiger charge is -1.98. The van der Waals surface area contributed by atoms with Crippen LogP contribution in [-0.4, -0.2) is 24.2 Å². The van der Waals surface area contributed by atoms with Crippen LogP contribution in [0.2, 0.25) is 0 Å². The van der Waals surface area contributed by atoms with Crippen molar-refractivity contribution in [1.82, 2.24) is 5.32 Å². The van der Waals surface area contributed by atoms with Gasteiger partial charge in [0, 0.05) is 5.57 Å². The summed E-state index contributed by atoms with van der Waals surface area (Å²) >= 11 is 0. The lowest BCUT2D eigenvalue weighted by Crippen LogP contribution is -2.15. The van der Waals surface area contributed by atoms with Gasteiger partial charge in [-0.15, -0.1) is 0 Å². The smallest absolute Gasteiger partial charge is 0.330 e. The quantitative estimate of drug-likeness (QED) is 0.469. The predicted molar refractivity (Wildman–Crippen MR) is 49.2 cm³/mol. The van der Waals surface area contributed by atoms with E-state index < -0.39 is 5.97 Å². The van der Waals surface area contributed by atoms with Gasteiger partial charge in [0.15, 0.2) is 0 Å². The van der Waals surface area contributed by atoms with E-state index in [1.54, 1.807) is 13.0 Å². The Bertz CT molecular complexity index is 164. The Hall–Kier alpha value is -0.830. The van der Waals surface area contributed by atoms with Crippen LogP contribution < -0.4 is 5.32 Å². The van der Waals surface area contributed by atoms with Crippen LogP contribution in [0.25, 0.3) is 0 Å². The minimum Gasteiger partial charge on any atom is -0.478 e. The molecule has 0 aliphatic carbocycles. The third-order valence-electron chi connectivity index (χ3n) is 1.54.